The third-order valence-electron chi connectivity index (χ3n) is 2.45. The Hall–Kier alpha value is -2.00. The van der Waals surface area contributed by atoms with Gasteiger partial charge in [0.05, 0.1) is 11.1 Å². The van der Waals surface area contributed by atoms with Crippen LogP contribution in [0.5, 0.6) is 11.5 Å². The smallest absolute Gasteiger partial charge is 0.330 e. The zero-order chi connectivity index (χ0) is 15.6. The highest BCUT2D eigenvalue weighted by molar-refractivity contribution is 9.10. The van der Waals surface area contributed by atoms with Crippen LogP contribution < -0.4 is 4.74 Å². The number of benzene rings is 1. The zero-order valence-corrected chi connectivity index (χ0v) is 13.1. The van der Waals surface area contributed by atoms with E-state index in [-0.39, 0.29) is 11.5 Å². The van der Waals surface area contributed by atoms with E-state index in [1.807, 2.05) is 0 Å². The Kier molecular flexibility index (Phi) is 4.24. The first-order chi connectivity index (χ1) is 9.79. The Morgan fingerprint density at radius 1 is 1.33 bits per heavy atom. The van der Waals surface area contributed by atoms with Crippen LogP contribution in [0.2, 0.25) is 0 Å². The molecular formula is C12H9BrN2O5S. The molecule has 1 aromatic heterocycles. The van der Waals surface area contributed by atoms with Crippen LogP contribution in [0.1, 0.15) is 0 Å². The maximum Gasteiger partial charge on any atom is 0.330 e. The van der Waals surface area contributed by atoms with Crippen LogP contribution in [-0.2, 0) is 9.84 Å². The number of nitro benzene ring substituents is 1. The van der Waals surface area contributed by atoms with Gasteiger partial charge in [0.1, 0.15) is 10.6 Å². The van der Waals surface area contributed by atoms with Crippen molar-refractivity contribution in [1.29, 1.82) is 0 Å². The Morgan fingerprint density at radius 3 is 2.62 bits per heavy atom. The summed E-state index contributed by atoms with van der Waals surface area (Å²) in [6.07, 6.45) is 3.79. The van der Waals surface area contributed by atoms with Crippen LogP contribution in [0.3, 0.4) is 0 Å². The van der Waals surface area contributed by atoms with Gasteiger partial charge in [-0.2, -0.15) is 0 Å². The molecule has 0 radical (unpaired) electrons. The number of halogens is 1. The maximum atomic E-state index is 11.6. The second kappa shape index (κ2) is 5.78. The van der Waals surface area contributed by atoms with Crippen molar-refractivity contribution in [3.05, 3.63) is 51.2 Å². The zero-order valence-electron chi connectivity index (χ0n) is 10.7. The number of para-hydroxylation sites is 1. The van der Waals surface area contributed by atoms with E-state index >= 15 is 0 Å². The van der Waals surface area contributed by atoms with Crippen LogP contribution in [0, 0.1) is 10.1 Å². The number of ether oxygens (including phenoxy) is 1. The van der Waals surface area contributed by atoms with Crippen LogP contribution in [0.4, 0.5) is 5.69 Å². The minimum absolute atomic E-state index is 0.164. The molecule has 0 saturated heterocycles. The number of hydrogen-bond acceptors (Lipinski definition) is 6. The minimum atomic E-state index is -3.75. The van der Waals surface area contributed by atoms with E-state index in [2.05, 4.69) is 20.9 Å². The Morgan fingerprint density at radius 2 is 2.05 bits per heavy atom. The predicted octanol–water partition coefficient (Wildman–Crippen LogP) is 2.95. The molecule has 0 saturated carbocycles. The van der Waals surface area contributed by atoms with Gasteiger partial charge in [-0.1, -0.05) is 6.07 Å². The summed E-state index contributed by atoms with van der Waals surface area (Å²) in [5.74, 6) is 0.0842. The van der Waals surface area contributed by atoms with Gasteiger partial charge in [0, 0.05) is 16.9 Å². The topological polar surface area (TPSA) is 99.4 Å². The first-order valence-electron chi connectivity index (χ1n) is 5.55. The van der Waals surface area contributed by atoms with Crippen molar-refractivity contribution < 1.29 is 18.1 Å². The number of hydrogen-bond donors (Lipinski definition) is 0. The highest BCUT2D eigenvalue weighted by atomic mass is 79.9. The molecule has 9 heteroatoms. The quantitative estimate of drug-likeness (QED) is 0.604. The maximum absolute atomic E-state index is 11.6. The van der Waals surface area contributed by atoms with E-state index in [0.29, 0.717) is 4.47 Å². The van der Waals surface area contributed by atoms with Gasteiger partial charge in [-0.05, 0) is 34.1 Å². The summed E-state index contributed by atoms with van der Waals surface area (Å²) in [6, 6.07) is 5.43. The van der Waals surface area contributed by atoms with Gasteiger partial charge in [0.2, 0.25) is 5.75 Å². The molecule has 2 rings (SSSR count). The van der Waals surface area contributed by atoms with Crippen molar-refractivity contribution in [3.8, 4) is 11.5 Å². The van der Waals surface area contributed by atoms with Gasteiger partial charge < -0.3 is 4.74 Å². The van der Waals surface area contributed by atoms with Crippen LogP contribution in [-0.4, -0.2) is 24.6 Å². The van der Waals surface area contributed by atoms with Crippen LogP contribution in [0.15, 0.2) is 46.0 Å². The number of nitro groups is 1. The lowest BCUT2D eigenvalue weighted by Crippen LogP contribution is -2.04. The van der Waals surface area contributed by atoms with E-state index < -0.39 is 25.3 Å². The number of sulfone groups is 1. The Labute approximate surface area is 128 Å². The summed E-state index contributed by atoms with van der Waals surface area (Å²) in [5, 5.41) is 11.2. The number of rotatable bonds is 4. The molecule has 0 aliphatic heterocycles. The lowest BCUT2D eigenvalue weighted by atomic mass is 10.3. The minimum Gasteiger partial charge on any atom is -0.448 e. The van der Waals surface area contributed by atoms with Gasteiger partial charge in [0.15, 0.2) is 9.84 Å². The molecule has 21 heavy (non-hydrogen) atoms. The first-order valence-corrected chi connectivity index (χ1v) is 8.23. The molecule has 0 aliphatic carbocycles. The predicted molar refractivity (Wildman–Crippen MR) is 78.2 cm³/mol. The van der Waals surface area contributed by atoms with Gasteiger partial charge in [-0.15, -0.1) is 0 Å². The molecule has 0 atom stereocenters. The lowest BCUT2D eigenvalue weighted by Gasteiger charge is -2.08. The third kappa shape index (κ3) is 3.56. The molecule has 0 N–H and O–H groups in total. The number of aromatic nitrogens is 1. The summed E-state index contributed by atoms with van der Waals surface area (Å²) in [4.78, 5) is 13.9. The van der Waals surface area contributed by atoms with E-state index in [9.17, 15) is 18.5 Å². The summed E-state index contributed by atoms with van der Waals surface area (Å²) in [6.45, 7) is 0. The SMILES string of the molecule is CS(=O)(=O)c1cccc(Oc2cncc(Br)c2)c1[N+](=O)[O-]. The van der Waals surface area contributed by atoms with Crippen molar-refractivity contribution in [3.63, 3.8) is 0 Å². The molecule has 1 aromatic carbocycles. The second-order valence-corrected chi connectivity index (χ2v) is 6.97. The van der Waals surface area contributed by atoms with E-state index in [0.717, 1.165) is 6.26 Å². The molecule has 7 nitrogen and oxygen atoms in total. The van der Waals surface area contributed by atoms with E-state index in [4.69, 9.17) is 4.74 Å². The molecular weight excluding hydrogens is 364 g/mol. The molecule has 2 aromatic rings. The average Bonchev–Trinajstić information content (AvgIpc) is 2.37. The highest BCUT2D eigenvalue weighted by Gasteiger charge is 2.27. The summed E-state index contributed by atoms with van der Waals surface area (Å²) >= 11 is 3.20. The van der Waals surface area contributed by atoms with E-state index in [1.165, 1.54) is 30.6 Å². The lowest BCUT2D eigenvalue weighted by molar-refractivity contribution is -0.388. The van der Waals surface area contributed by atoms with Crippen molar-refractivity contribution >= 4 is 31.5 Å². The molecule has 110 valence electrons. The molecule has 0 aliphatic rings. The summed E-state index contributed by atoms with van der Waals surface area (Å²) < 4.78 is 29.3. The molecule has 0 unspecified atom stereocenters. The summed E-state index contributed by atoms with van der Waals surface area (Å²) in [5.41, 5.74) is -0.597. The van der Waals surface area contributed by atoms with Crippen molar-refractivity contribution in [1.82, 2.24) is 4.98 Å². The monoisotopic (exact) mass is 372 g/mol. The summed E-state index contributed by atoms with van der Waals surface area (Å²) in [7, 11) is -3.75. The fraction of sp³-hybridized carbons (Fsp3) is 0.0833. The fourth-order valence-corrected chi connectivity index (χ4v) is 2.83. The van der Waals surface area contributed by atoms with Crippen LogP contribution in [0.25, 0.3) is 0 Å². The molecule has 1 heterocycles. The largest absolute Gasteiger partial charge is 0.448 e. The molecule has 0 amide bonds. The normalized spacial score (nSPS) is 11.1. The number of nitrogens with zero attached hydrogens (tertiary/aromatic N) is 2. The number of pyridine rings is 1. The molecule has 0 spiro atoms. The molecule has 0 fully saturated rings. The Bertz CT molecular complexity index is 807. The van der Waals surface area contributed by atoms with Gasteiger partial charge in [-0.25, -0.2) is 8.42 Å². The molecule has 0 bridgehead atoms. The Balaban J connectivity index is 2.57. The van der Waals surface area contributed by atoms with Crippen molar-refractivity contribution in [2.24, 2.45) is 0 Å². The standard InChI is InChI=1S/C12H9BrN2O5S/c1-21(18,19)11-4-2-3-10(12(11)15(16)17)20-9-5-8(13)6-14-7-9/h2-7H,1H3. The first kappa shape index (κ1) is 15.4. The van der Waals surface area contributed by atoms with Gasteiger partial charge in [-0.3, -0.25) is 15.1 Å². The van der Waals surface area contributed by atoms with Crippen molar-refractivity contribution in [2.75, 3.05) is 6.26 Å². The van der Waals surface area contributed by atoms with E-state index in [1.54, 1.807) is 6.07 Å². The third-order valence-corrected chi connectivity index (χ3v) is 4.01. The van der Waals surface area contributed by atoms with Crippen LogP contribution >= 0.6 is 15.9 Å². The van der Waals surface area contributed by atoms with Crippen molar-refractivity contribution in [2.45, 2.75) is 4.90 Å². The van der Waals surface area contributed by atoms with Gasteiger partial charge >= 0.3 is 5.69 Å². The second-order valence-electron chi connectivity index (χ2n) is 4.07. The highest BCUT2D eigenvalue weighted by Crippen LogP contribution is 2.36. The van der Waals surface area contributed by atoms with Gasteiger partial charge in [0.25, 0.3) is 0 Å². The fourth-order valence-electron chi connectivity index (χ4n) is 1.64. The average molecular weight is 373 g/mol.